The zero-order valence-corrected chi connectivity index (χ0v) is 10.4. The molecule has 0 aliphatic heterocycles. The SMILES string of the molecule is COc1cc(OC)c(C=C(C#N)C#N)c(OC)c1. The Bertz CT molecular complexity index is 509. The van der Waals surface area contributed by atoms with Crippen molar-refractivity contribution in [3.05, 3.63) is 23.3 Å². The van der Waals surface area contributed by atoms with E-state index in [1.54, 1.807) is 24.3 Å². The largest absolute Gasteiger partial charge is 0.496 e. The summed E-state index contributed by atoms with van der Waals surface area (Å²) in [6.45, 7) is 0. The van der Waals surface area contributed by atoms with Gasteiger partial charge in [0, 0.05) is 12.1 Å². The molecule has 0 bridgehead atoms. The zero-order chi connectivity index (χ0) is 13.5. The van der Waals surface area contributed by atoms with E-state index in [1.165, 1.54) is 27.4 Å². The van der Waals surface area contributed by atoms with Gasteiger partial charge in [0.2, 0.25) is 0 Å². The summed E-state index contributed by atoms with van der Waals surface area (Å²) < 4.78 is 15.5. The van der Waals surface area contributed by atoms with Gasteiger partial charge in [-0.15, -0.1) is 0 Å². The molecule has 1 aromatic rings. The van der Waals surface area contributed by atoms with E-state index in [1.807, 2.05) is 0 Å². The summed E-state index contributed by atoms with van der Waals surface area (Å²) in [6.07, 6.45) is 1.41. The normalized spacial score (nSPS) is 8.72. The van der Waals surface area contributed by atoms with Crippen molar-refractivity contribution in [2.24, 2.45) is 0 Å². The molecule has 0 saturated carbocycles. The fraction of sp³-hybridized carbons (Fsp3) is 0.231. The molecule has 5 nitrogen and oxygen atoms in total. The molecule has 0 heterocycles. The van der Waals surface area contributed by atoms with Gasteiger partial charge in [-0.1, -0.05) is 0 Å². The van der Waals surface area contributed by atoms with Crippen LogP contribution in [0.25, 0.3) is 6.08 Å². The summed E-state index contributed by atoms with van der Waals surface area (Å²) in [6, 6.07) is 6.89. The third kappa shape index (κ3) is 2.72. The third-order valence-corrected chi connectivity index (χ3v) is 2.28. The van der Waals surface area contributed by atoms with Crippen molar-refractivity contribution in [3.63, 3.8) is 0 Å². The molecule has 0 fully saturated rings. The van der Waals surface area contributed by atoms with Crippen LogP contribution in [0.2, 0.25) is 0 Å². The van der Waals surface area contributed by atoms with E-state index in [0.29, 0.717) is 22.8 Å². The molecule has 0 aromatic heterocycles. The van der Waals surface area contributed by atoms with Crippen LogP contribution in [0.15, 0.2) is 17.7 Å². The lowest BCUT2D eigenvalue weighted by atomic mass is 10.1. The highest BCUT2D eigenvalue weighted by Crippen LogP contribution is 2.35. The number of ether oxygens (including phenoxy) is 3. The van der Waals surface area contributed by atoms with Crippen LogP contribution in [0, 0.1) is 22.7 Å². The Morgan fingerprint density at radius 3 is 1.83 bits per heavy atom. The standard InChI is InChI=1S/C13H12N2O3/c1-16-10-5-12(17-2)11(13(6-10)18-3)4-9(7-14)8-15/h4-6H,1-3H3. The van der Waals surface area contributed by atoms with Crippen molar-refractivity contribution in [1.82, 2.24) is 0 Å². The number of benzene rings is 1. The van der Waals surface area contributed by atoms with Crippen molar-refractivity contribution < 1.29 is 14.2 Å². The molecule has 0 amide bonds. The molecule has 0 aliphatic carbocycles. The molecular weight excluding hydrogens is 232 g/mol. The van der Waals surface area contributed by atoms with Crippen LogP contribution in [0.4, 0.5) is 0 Å². The fourth-order valence-corrected chi connectivity index (χ4v) is 1.41. The lowest BCUT2D eigenvalue weighted by Gasteiger charge is -2.12. The predicted molar refractivity (Wildman–Crippen MR) is 65.3 cm³/mol. The summed E-state index contributed by atoms with van der Waals surface area (Å²) >= 11 is 0. The van der Waals surface area contributed by atoms with Gasteiger partial charge in [0.25, 0.3) is 0 Å². The molecule has 0 aliphatic rings. The topological polar surface area (TPSA) is 75.3 Å². The zero-order valence-electron chi connectivity index (χ0n) is 10.4. The van der Waals surface area contributed by atoms with Gasteiger partial charge in [0.15, 0.2) is 0 Å². The Morgan fingerprint density at radius 2 is 1.50 bits per heavy atom. The van der Waals surface area contributed by atoms with E-state index >= 15 is 0 Å². The molecule has 92 valence electrons. The van der Waals surface area contributed by atoms with Crippen LogP contribution >= 0.6 is 0 Å². The van der Waals surface area contributed by atoms with E-state index in [2.05, 4.69) is 0 Å². The number of hydrogen-bond donors (Lipinski definition) is 0. The molecule has 5 heteroatoms. The second-order valence-corrected chi connectivity index (χ2v) is 3.23. The van der Waals surface area contributed by atoms with Crippen molar-refractivity contribution in [2.75, 3.05) is 21.3 Å². The van der Waals surface area contributed by atoms with Crippen LogP contribution in [-0.4, -0.2) is 21.3 Å². The van der Waals surface area contributed by atoms with Crippen molar-refractivity contribution in [3.8, 4) is 29.4 Å². The molecule has 0 N–H and O–H groups in total. The Labute approximate surface area is 105 Å². The Balaban J connectivity index is 3.47. The number of rotatable bonds is 4. The molecule has 0 spiro atoms. The minimum atomic E-state index is -0.0308. The molecule has 0 unspecified atom stereocenters. The van der Waals surface area contributed by atoms with Crippen LogP contribution in [-0.2, 0) is 0 Å². The number of nitriles is 2. The molecule has 1 rings (SSSR count). The highest BCUT2D eigenvalue weighted by atomic mass is 16.5. The van der Waals surface area contributed by atoms with Gasteiger partial charge in [0.05, 0.1) is 26.9 Å². The predicted octanol–water partition coefficient (Wildman–Crippen LogP) is 2.14. The minimum absolute atomic E-state index is 0.0308. The van der Waals surface area contributed by atoms with E-state index in [4.69, 9.17) is 24.7 Å². The third-order valence-electron chi connectivity index (χ3n) is 2.28. The lowest BCUT2D eigenvalue weighted by Crippen LogP contribution is -1.95. The summed E-state index contributed by atoms with van der Waals surface area (Å²) in [5, 5.41) is 17.5. The summed E-state index contributed by atoms with van der Waals surface area (Å²) in [5.74, 6) is 1.50. The van der Waals surface area contributed by atoms with Crippen LogP contribution in [0.3, 0.4) is 0 Å². The van der Waals surface area contributed by atoms with Gasteiger partial charge in [0.1, 0.15) is 35.0 Å². The Hall–Kier alpha value is -2.66. The first kappa shape index (κ1) is 13.4. The van der Waals surface area contributed by atoms with Crippen LogP contribution in [0.1, 0.15) is 5.56 Å². The fourth-order valence-electron chi connectivity index (χ4n) is 1.41. The quantitative estimate of drug-likeness (QED) is 0.758. The molecule has 0 saturated heterocycles. The average molecular weight is 244 g/mol. The molecule has 18 heavy (non-hydrogen) atoms. The monoisotopic (exact) mass is 244 g/mol. The Morgan fingerprint density at radius 1 is 1.00 bits per heavy atom. The molecular formula is C13H12N2O3. The first-order valence-electron chi connectivity index (χ1n) is 5.02. The van der Waals surface area contributed by atoms with Gasteiger partial charge >= 0.3 is 0 Å². The number of allylic oxidation sites excluding steroid dienone is 1. The highest BCUT2D eigenvalue weighted by molar-refractivity contribution is 5.72. The van der Waals surface area contributed by atoms with Gasteiger partial charge in [-0.3, -0.25) is 0 Å². The molecule has 0 atom stereocenters. The number of hydrogen-bond acceptors (Lipinski definition) is 5. The Kier molecular flexibility index (Phi) is 4.59. The van der Waals surface area contributed by atoms with E-state index < -0.39 is 0 Å². The average Bonchev–Trinajstić information content (AvgIpc) is 2.43. The summed E-state index contributed by atoms with van der Waals surface area (Å²) in [5.41, 5.74) is 0.496. The van der Waals surface area contributed by atoms with Crippen molar-refractivity contribution in [2.45, 2.75) is 0 Å². The lowest BCUT2D eigenvalue weighted by molar-refractivity contribution is 0.374. The summed E-state index contributed by atoms with van der Waals surface area (Å²) in [4.78, 5) is 0. The highest BCUT2D eigenvalue weighted by Gasteiger charge is 2.12. The molecule has 1 aromatic carbocycles. The maximum absolute atomic E-state index is 8.77. The maximum atomic E-state index is 8.77. The van der Waals surface area contributed by atoms with Crippen LogP contribution < -0.4 is 14.2 Å². The van der Waals surface area contributed by atoms with Crippen molar-refractivity contribution >= 4 is 6.08 Å². The van der Waals surface area contributed by atoms with E-state index in [0.717, 1.165) is 0 Å². The first-order valence-corrected chi connectivity index (χ1v) is 5.02. The van der Waals surface area contributed by atoms with Gasteiger partial charge in [-0.2, -0.15) is 10.5 Å². The second kappa shape index (κ2) is 6.17. The number of methoxy groups -OCH3 is 3. The second-order valence-electron chi connectivity index (χ2n) is 3.23. The van der Waals surface area contributed by atoms with E-state index in [9.17, 15) is 0 Å². The smallest absolute Gasteiger partial charge is 0.133 e. The van der Waals surface area contributed by atoms with Gasteiger partial charge in [-0.25, -0.2) is 0 Å². The maximum Gasteiger partial charge on any atom is 0.133 e. The minimum Gasteiger partial charge on any atom is -0.496 e. The van der Waals surface area contributed by atoms with Gasteiger partial charge in [-0.05, 0) is 6.08 Å². The van der Waals surface area contributed by atoms with Crippen LogP contribution in [0.5, 0.6) is 17.2 Å². The number of nitrogens with zero attached hydrogens (tertiary/aromatic N) is 2. The van der Waals surface area contributed by atoms with Gasteiger partial charge < -0.3 is 14.2 Å². The molecule has 0 radical (unpaired) electrons. The summed E-state index contributed by atoms with van der Waals surface area (Å²) in [7, 11) is 4.51. The first-order chi connectivity index (χ1) is 8.69. The van der Waals surface area contributed by atoms with Crippen molar-refractivity contribution in [1.29, 1.82) is 10.5 Å². The van der Waals surface area contributed by atoms with E-state index in [-0.39, 0.29) is 5.57 Å².